The van der Waals surface area contributed by atoms with Crippen LogP contribution in [-0.4, -0.2) is 25.5 Å². The molecule has 0 spiro atoms. The minimum atomic E-state index is -4.30. The van der Waals surface area contributed by atoms with Crippen LogP contribution in [0.3, 0.4) is 0 Å². The summed E-state index contributed by atoms with van der Waals surface area (Å²) in [6.07, 6.45) is -4.97. The van der Waals surface area contributed by atoms with E-state index in [9.17, 15) is 18.0 Å². The predicted molar refractivity (Wildman–Crippen MR) is 42.9 cm³/mol. The van der Waals surface area contributed by atoms with Gasteiger partial charge in [0.1, 0.15) is 6.61 Å². The zero-order valence-electron chi connectivity index (χ0n) is 7.89. The van der Waals surface area contributed by atoms with Crippen LogP contribution < -0.4 is 0 Å². The fourth-order valence-electron chi connectivity index (χ4n) is 0.592. The van der Waals surface area contributed by atoms with Gasteiger partial charge in [0.25, 0.3) is 0 Å². The van der Waals surface area contributed by atoms with Crippen LogP contribution in [0.1, 0.15) is 26.2 Å². The van der Waals surface area contributed by atoms with Gasteiger partial charge in [-0.05, 0) is 6.42 Å². The highest BCUT2D eigenvalue weighted by atomic mass is 19.4. The van der Waals surface area contributed by atoms with Gasteiger partial charge in [-0.15, -0.1) is 0 Å². The van der Waals surface area contributed by atoms with Crippen LogP contribution in [0.25, 0.3) is 0 Å². The minimum Gasteiger partial charge on any atom is -0.434 e. The number of carbonyl (C=O) groups excluding carboxylic acids is 1. The van der Waals surface area contributed by atoms with E-state index in [-0.39, 0.29) is 6.61 Å². The van der Waals surface area contributed by atoms with Crippen LogP contribution in [-0.2, 0) is 9.47 Å². The molecule has 0 radical (unpaired) electrons. The summed E-state index contributed by atoms with van der Waals surface area (Å²) in [6, 6.07) is 0. The Bertz CT molecular complexity index is 168. The monoisotopic (exact) mass is 214 g/mol. The van der Waals surface area contributed by atoms with Crippen LogP contribution in [0.4, 0.5) is 18.0 Å². The fourth-order valence-corrected chi connectivity index (χ4v) is 0.592. The average Bonchev–Trinajstić information content (AvgIpc) is 2.02. The summed E-state index contributed by atoms with van der Waals surface area (Å²) in [5, 5.41) is 0. The van der Waals surface area contributed by atoms with Crippen LogP contribution in [0.5, 0.6) is 0 Å². The first-order chi connectivity index (χ1) is 6.45. The summed E-state index contributed by atoms with van der Waals surface area (Å²) in [5.41, 5.74) is 0. The molecule has 0 saturated carbocycles. The van der Waals surface area contributed by atoms with Crippen molar-refractivity contribution in [3.8, 4) is 0 Å². The van der Waals surface area contributed by atoms with Gasteiger partial charge < -0.3 is 9.47 Å². The minimum absolute atomic E-state index is 0.182. The highest BCUT2D eigenvalue weighted by Crippen LogP contribution is 2.18. The predicted octanol–water partition coefficient (Wildman–Crippen LogP) is 2.89. The van der Waals surface area contributed by atoms with Gasteiger partial charge in [-0.2, -0.15) is 13.2 Å². The maximum Gasteiger partial charge on any atom is 0.508 e. The lowest BCUT2D eigenvalue weighted by Gasteiger charge is -2.07. The van der Waals surface area contributed by atoms with E-state index >= 15 is 0 Å². The van der Waals surface area contributed by atoms with E-state index in [1.54, 1.807) is 0 Å². The van der Waals surface area contributed by atoms with Crippen LogP contribution in [0.2, 0.25) is 0 Å². The summed E-state index contributed by atoms with van der Waals surface area (Å²) >= 11 is 0. The number of carbonyl (C=O) groups is 1. The lowest BCUT2D eigenvalue weighted by Crippen LogP contribution is -2.15. The zero-order valence-corrected chi connectivity index (χ0v) is 7.89. The van der Waals surface area contributed by atoms with Gasteiger partial charge >= 0.3 is 12.3 Å². The molecule has 0 atom stereocenters. The number of halogens is 3. The first-order valence-electron chi connectivity index (χ1n) is 4.32. The number of hydrogen-bond donors (Lipinski definition) is 0. The number of alkyl halides is 3. The Morgan fingerprint density at radius 2 is 1.79 bits per heavy atom. The van der Waals surface area contributed by atoms with Gasteiger partial charge in [-0.3, -0.25) is 0 Å². The molecule has 6 heteroatoms. The lowest BCUT2D eigenvalue weighted by atomic mass is 10.4. The maximum absolute atomic E-state index is 11.6. The van der Waals surface area contributed by atoms with Crippen molar-refractivity contribution < 1.29 is 27.4 Å². The number of hydrogen-bond acceptors (Lipinski definition) is 3. The second-order valence-electron chi connectivity index (χ2n) is 2.67. The quantitative estimate of drug-likeness (QED) is 0.521. The summed E-state index contributed by atoms with van der Waals surface area (Å²) in [5.74, 6) is 0. The van der Waals surface area contributed by atoms with Crippen molar-refractivity contribution in [2.45, 2.75) is 32.4 Å². The van der Waals surface area contributed by atoms with Crippen molar-refractivity contribution in [3.63, 3.8) is 0 Å². The van der Waals surface area contributed by atoms with Crippen molar-refractivity contribution >= 4 is 6.16 Å². The first-order valence-corrected chi connectivity index (χ1v) is 4.32. The Hall–Kier alpha value is -0.940. The Balaban J connectivity index is 3.36. The first kappa shape index (κ1) is 13.1. The molecule has 0 N–H and O–H groups in total. The summed E-state index contributed by atoms with van der Waals surface area (Å²) in [7, 11) is 0. The fraction of sp³-hybridized carbons (Fsp3) is 0.875. The lowest BCUT2D eigenvalue weighted by molar-refractivity contribution is -0.142. The largest absolute Gasteiger partial charge is 0.508 e. The molecule has 0 aliphatic heterocycles. The van der Waals surface area contributed by atoms with Crippen molar-refractivity contribution in [2.75, 3.05) is 13.2 Å². The second-order valence-corrected chi connectivity index (χ2v) is 2.67. The molecule has 0 aliphatic rings. The van der Waals surface area contributed by atoms with Crippen molar-refractivity contribution in [3.05, 3.63) is 0 Å². The van der Waals surface area contributed by atoms with E-state index in [2.05, 4.69) is 9.47 Å². The molecule has 0 unspecified atom stereocenters. The Labute approximate surface area is 80.2 Å². The Morgan fingerprint density at radius 3 is 2.29 bits per heavy atom. The molecular formula is C8H13F3O3. The Kier molecular flexibility index (Phi) is 6.07. The van der Waals surface area contributed by atoms with Crippen molar-refractivity contribution in [1.82, 2.24) is 0 Å². The molecule has 0 aromatic rings. The third-order valence-corrected chi connectivity index (χ3v) is 1.32. The summed E-state index contributed by atoms with van der Waals surface area (Å²) < 4.78 is 43.4. The van der Waals surface area contributed by atoms with Gasteiger partial charge in [0, 0.05) is 0 Å². The van der Waals surface area contributed by atoms with E-state index in [1.807, 2.05) is 6.92 Å². The third kappa shape index (κ3) is 9.15. The molecule has 14 heavy (non-hydrogen) atoms. The molecule has 0 bridgehead atoms. The molecule has 0 fully saturated rings. The molecule has 0 heterocycles. The van der Waals surface area contributed by atoms with Crippen molar-refractivity contribution in [1.29, 1.82) is 0 Å². The third-order valence-electron chi connectivity index (χ3n) is 1.32. The van der Waals surface area contributed by atoms with Crippen LogP contribution in [0, 0.1) is 0 Å². The maximum atomic E-state index is 11.6. The standard InChI is InChI=1S/C8H13F3O3/c1-2-3-5-13-7(12)14-6-4-8(9,10)11/h2-6H2,1H3. The number of unbranched alkanes of at least 4 members (excludes halogenated alkanes) is 1. The summed E-state index contributed by atoms with van der Waals surface area (Å²) in [6.45, 7) is 1.40. The topological polar surface area (TPSA) is 35.5 Å². The van der Waals surface area contributed by atoms with E-state index < -0.39 is 25.4 Å². The van der Waals surface area contributed by atoms with Crippen LogP contribution >= 0.6 is 0 Å². The second kappa shape index (κ2) is 6.50. The van der Waals surface area contributed by atoms with Gasteiger partial charge in [0.15, 0.2) is 0 Å². The van der Waals surface area contributed by atoms with Gasteiger partial charge in [0.05, 0.1) is 13.0 Å². The van der Waals surface area contributed by atoms with Gasteiger partial charge in [0.2, 0.25) is 0 Å². The highest BCUT2D eigenvalue weighted by Gasteiger charge is 2.27. The van der Waals surface area contributed by atoms with Crippen LogP contribution in [0.15, 0.2) is 0 Å². The average molecular weight is 214 g/mol. The molecule has 84 valence electrons. The smallest absolute Gasteiger partial charge is 0.434 e. The molecule has 0 aromatic heterocycles. The van der Waals surface area contributed by atoms with E-state index in [0.29, 0.717) is 6.42 Å². The SMILES string of the molecule is CCCCOC(=O)OCCC(F)(F)F. The molecule has 0 amide bonds. The highest BCUT2D eigenvalue weighted by molar-refractivity contribution is 5.59. The molecular weight excluding hydrogens is 201 g/mol. The molecule has 3 nitrogen and oxygen atoms in total. The van der Waals surface area contributed by atoms with Gasteiger partial charge in [-0.1, -0.05) is 13.3 Å². The molecule has 0 aromatic carbocycles. The summed E-state index contributed by atoms with van der Waals surface area (Å²) in [4.78, 5) is 10.6. The number of rotatable bonds is 5. The van der Waals surface area contributed by atoms with E-state index in [0.717, 1.165) is 6.42 Å². The van der Waals surface area contributed by atoms with Gasteiger partial charge in [-0.25, -0.2) is 4.79 Å². The normalized spacial score (nSPS) is 11.1. The number of ether oxygens (including phenoxy) is 2. The zero-order chi connectivity index (χ0) is 11.0. The molecule has 0 saturated heterocycles. The molecule has 0 rings (SSSR count). The Morgan fingerprint density at radius 1 is 1.21 bits per heavy atom. The van der Waals surface area contributed by atoms with E-state index in [1.165, 1.54) is 0 Å². The van der Waals surface area contributed by atoms with E-state index in [4.69, 9.17) is 0 Å². The van der Waals surface area contributed by atoms with Crippen molar-refractivity contribution in [2.24, 2.45) is 0 Å². The molecule has 0 aliphatic carbocycles.